The van der Waals surface area contributed by atoms with Crippen molar-refractivity contribution in [1.29, 1.82) is 0 Å². The minimum absolute atomic E-state index is 0.170. The van der Waals surface area contributed by atoms with Gasteiger partial charge in [0.25, 0.3) is 0 Å². The second kappa shape index (κ2) is 4.81. The fourth-order valence-electron chi connectivity index (χ4n) is 3.48. The van der Waals surface area contributed by atoms with Crippen LogP contribution in [0.1, 0.15) is 26.7 Å². The first-order valence-electron chi connectivity index (χ1n) is 6.29. The van der Waals surface area contributed by atoms with E-state index in [4.69, 9.17) is 0 Å². The standard InChI is InChI=1S/C13H22O3S/c1-13(2)8-4-10(13)9(11(14)5-8)6-17-7-12(15)16-3/h8-11,14H,4-7H2,1-3H3/t8-,9+,10+,11+/m1/s1. The molecule has 0 radical (unpaired) electrons. The van der Waals surface area contributed by atoms with Gasteiger partial charge in [0.1, 0.15) is 0 Å². The maximum absolute atomic E-state index is 11.0. The highest BCUT2D eigenvalue weighted by Gasteiger charge is 2.57. The summed E-state index contributed by atoms with van der Waals surface area (Å²) in [4.78, 5) is 11.0. The number of ether oxygens (including phenoxy) is 1. The summed E-state index contributed by atoms with van der Waals surface area (Å²) < 4.78 is 4.62. The fourth-order valence-corrected chi connectivity index (χ4v) is 4.61. The number of hydrogen-bond acceptors (Lipinski definition) is 4. The van der Waals surface area contributed by atoms with Crippen LogP contribution in [-0.4, -0.2) is 35.8 Å². The lowest BCUT2D eigenvalue weighted by molar-refractivity contribution is -0.152. The molecular formula is C13H22O3S. The lowest BCUT2D eigenvalue weighted by atomic mass is 9.45. The lowest BCUT2D eigenvalue weighted by Gasteiger charge is -2.61. The Kier molecular flexibility index (Phi) is 3.74. The van der Waals surface area contributed by atoms with Crippen molar-refractivity contribution in [2.45, 2.75) is 32.8 Å². The number of carbonyl (C=O) groups is 1. The van der Waals surface area contributed by atoms with E-state index in [1.165, 1.54) is 13.5 Å². The molecule has 4 atom stereocenters. The largest absolute Gasteiger partial charge is 0.468 e. The molecule has 3 fully saturated rings. The zero-order chi connectivity index (χ0) is 12.6. The van der Waals surface area contributed by atoms with Crippen molar-refractivity contribution in [3.05, 3.63) is 0 Å². The molecule has 3 nitrogen and oxygen atoms in total. The van der Waals surface area contributed by atoms with Gasteiger partial charge in [-0.3, -0.25) is 4.79 Å². The molecule has 1 N–H and O–H groups in total. The number of aliphatic hydroxyl groups is 1. The van der Waals surface area contributed by atoms with Crippen LogP contribution in [-0.2, 0) is 9.53 Å². The van der Waals surface area contributed by atoms with Crippen LogP contribution >= 0.6 is 11.8 Å². The lowest BCUT2D eigenvalue weighted by Crippen LogP contribution is -2.58. The second-order valence-electron chi connectivity index (χ2n) is 5.92. The minimum atomic E-state index is -0.175. The molecule has 0 aromatic heterocycles. The first-order chi connectivity index (χ1) is 7.96. The van der Waals surface area contributed by atoms with E-state index in [1.807, 2.05) is 0 Å². The topological polar surface area (TPSA) is 46.5 Å². The average molecular weight is 258 g/mol. The predicted octanol–water partition coefficient (Wildman–Crippen LogP) is 1.94. The third-order valence-electron chi connectivity index (χ3n) is 4.84. The van der Waals surface area contributed by atoms with Crippen LogP contribution in [0.4, 0.5) is 0 Å². The maximum Gasteiger partial charge on any atom is 0.315 e. The first kappa shape index (κ1) is 13.2. The van der Waals surface area contributed by atoms with E-state index in [2.05, 4.69) is 18.6 Å². The highest BCUT2D eigenvalue weighted by molar-refractivity contribution is 7.99. The van der Waals surface area contributed by atoms with Crippen molar-refractivity contribution in [2.24, 2.45) is 23.2 Å². The summed E-state index contributed by atoms with van der Waals surface area (Å²) in [6.07, 6.45) is 2.03. The van der Waals surface area contributed by atoms with Gasteiger partial charge in [-0.05, 0) is 41.8 Å². The zero-order valence-corrected chi connectivity index (χ0v) is 11.6. The molecule has 3 aliphatic rings. The van der Waals surface area contributed by atoms with Gasteiger partial charge in [0.15, 0.2) is 0 Å². The van der Waals surface area contributed by atoms with Gasteiger partial charge in [-0.2, -0.15) is 0 Å². The first-order valence-corrected chi connectivity index (χ1v) is 7.45. The third-order valence-corrected chi connectivity index (χ3v) is 5.90. The van der Waals surface area contributed by atoms with Crippen LogP contribution in [0.5, 0.6) is 0 Å². The molecule has 0 aliphatic heterocycles. The Morgan fingerprint density at radius 1 is 1.47 bits per heavy atom. The summed E-state index contributed by atoms with van der Waals surface area (Å²) in [7, 11) is 1.41. The van der Waals surface area contributed by atoms with Gasteiger partial charge in [0, 0.05) is 0 Å². The van der Waals surface area contributed by atoms with Crippen LogP contribution in [0, 0.1) is 23.2 Å². The van der Waals surface area contributed by atoms with Gasteiger partial charge in [-0.15, -0.1) is 11.8 Å². The summed E-state index contributed by atoms with van der Waals surface area (Å²) >= 11 is 1.59. The molecule has 0 unspecified atom stereocenters. The summed E-state index contributed by atoms with van der Waals surface area (Å²) in [5, 5.41) is 10.1. The number of rotatable bonds is 4. The number of carbonyl (C=O) groups excluding carboxylic acids is 1. The van der Waals surface area contributed by atoms with Crippen LogP contribution < -0.4 is 0 Å². The SMILES string of the molecule is COC(=O)CSC[C@@H]1[C@@H](O)C[C@H]2C[C@@H]1C2(C)C. The number of methoxy groups -OCH3 is 1. The summed E-state index contributed by atoms with van der Waals surface area (Å²) in [6.45, 7) is 4.63. The van der Waals surface area contributed by atoms with E-state index >= 15 is 0 Å². The van der Waals surface area contributed by atoms with E-state index in [-0.39, 0.29) is 12.1 Å². The molecule has 3 saturated carbocycles. The van der Waals surface area contributed by atoms with Crippen LogP contribution in [0.25, 0.3) is 0 Å². The summed E-state index contributed by atoms with van der Waals surface area (Å²) in [5.74, 6) is 2.77. The molecule has 0 aromatic rings. The highest BCUT2D eigenvalue weighted by Crippen LogP contribution is 2.61. The van der Waals surface area contributed by atoms with Crippen molar-refractivity contribution in [1.82, 2.24) is 0 Å². The maximum atomic E-state index is 11.0. The molecule has 0 amide bonds. The molecule has 2 bridgehead atoms. The molecule has 17 heavy (non-hydrogen) atoms. The van der Waals surface area contributed by atoms with Gasteiger partial charge in [-0.25, -0.2) is 0 Å². The Hall–Kier alpha value is -0.220. The zero-order valence-electron chi connectivity index (χ0n) is 10.8. The fraction of sp³-hybridized carbons (Fsp3) is 0.923. The second-order valence-corrected chi connectivity index (χ2v) is 6.95. The van der Waals surface area contributed by atoms with Gasteiger partial charge in [0.05, 0.1) is 19.0 Å². The quantitative estimate of drug-likeness (QED) is 0.783. The van der Waals surface area contributed by atoms with Crippen LogP contribution in [0.2, 0.25) is 0 Å². The minimum Gasteiger partial charge on any atom is -0.468 e. The van der Waals surface area contributed by atoms with Gasteiger partial charge in [0.2, 0.25) is 0 Å². The van der Waals surface area contributed by atoms with Gasteiger partial charge < -0.3 is 9.84 Å². The van der Waals surface area contributed by atoms with E-state index in [1.54, 1.807) is 11.8 Å². The van der Waals surface area contributed by atoms with Crippen molar-refractivity contribution in [3.63, 3.8) is 0 Å². The number of hydrogen-bond donors (Lipinski definition) is 1. The van der Waals surface area contributed by atoms with Gasteiger partial charge in [-0.1, -0.05) is 13.8 Å². The highest BCUT2D eigenvalue weighted by atomic mass is 32.2. The molecule has 0 spiro atoms. The molecule has 0 saturated heterocycles. The Bertz CT molecular complexity index is 303. The van der Waals surface area contributed by atoms with E-state index in [0.717, 1.165) is 12.2 Å². The van der Waals surface area contributed by atoms with Crippen molar-refractivity contribution < 1.29 is 14.6 Å². The number of aliphatic hydroxyl groups excluding tert-OH is 1. The molecule has 0 heterocycles. The molecule has 0 aromatic carbocycles. The van der Waals surface area contributed by atoms with E-state index < -0.39 is 0 Å². The summed E-state index contributed by atoms with van der Waals surface area (Å²) in [5.41, 5.74) is 0.385. The smallest absolute Gasteiger partial charge is 0.315 e. The molecule has 4 heteroatoms. The van der Waals surface area contributed by atoms with Crippen LogP contribution in [0.15, 0.2) is 0 Å². The normalized spacial score (nSPS) is 38.4. The van der Waals surface area contributed by atoms with E-state index in [0.29, 0.717) is 28.9 Å². The Balaban J connectivity index is 1.85. The summed E-state index contributed by atoms with van der Waals surface area (Å²) in [6, 6.07) is 0. The predicted molar refractivity (Wildman–Crippen MR) is 68.8 cm³/mol. The Labute approximate surface area is 107 Å². The average Bonchev–Trinajstić information content (AvgIpc) is 2.30. The number of esters is 1. The Morgan fingerprint density at radius 3 is 2.76 bits per heavy atom. The van der Waals surface area contributed by atoms with E-state index in [9.17, 15) is 9.90 Å². The molecule has 3 aliphatic carbocycles. The van der Waals surface area contributed by atoms with Crippen LogP contribution in [0.3, 0.4) is 0 Å². The number of thioether (sulfide) groups is 1. The Morgan fingerprint density at radius 2 is 2.18 bits per heavy atom. The molecule has 3 rings (SSSR count). The van der Waals surface area contributed by atoms with Crippen molar-refractivity contribution >= 4 is 17.7 Å². The van der Waals surface area contributed by atoms with Gasteiger partial charge >= 0.3 is 5.97 Å². The monoisotopic (exact) mass is 258 g/mol. The van der Waals surface area contributed by atoms with Crippen molar-refractivity contribution in [2.75, 3.05) is 18.6 Å². The van der Waals surface area contributed by atoms with Crippen molar-refractivity contribution in [3.8, 4) is 0 Å². The molecular weight excluding hydrogens is 236 g/mol. The molecule has 98 valence electrons. The number of fused-ring (bicyclic) bond motifs is 2. The third kappa shape index (κ3) is 2.34.